The van der Waals surface area contributed by atoms with Gasteiger partial charge in [0, 0.05) is 5.41 Å². The minimum Gasteiger partial charge on any atom is -0.379 e. The van der Waals surface area contributed by atoms with Crippen LogP contribution in [0, 0.1) is 16.2 Å². The van der Waals surface area contributed by atoms with Crippen LogP contribution in [0.3, 0.4) is 0 Å². The number of hydrogen-bond acceptors (Lipinski definition) is 1. The van der Waals surface area contributed by atoms with Crippen LogP contribution >= 0.6 is 22.6 Å². The van der Waals surface area contributed by atoms with Crippen molar-refractivity contribution in [1.29, 1.82) is 0 Å². The second kappa shape index (κ2) is 4.17. The van der Waals surface area contributed by atoms with Crippen molar-refractivity contribution >= 4 is 22.6 Å². The molecule has 0 amide bonds. The van der Waals surface area contributed by atoms with E-state index < -0.39 is 3.61 Å². The first-order chi connectivity index (χ1) is 6.21. The molecule has 1 N–H and O–H groups in total. The van der Waals surface area contributed by atoms with E-state index in [-0.39, 0.29) is 16.2 Å². The molecule has 0 aliphatic rings. The van der Waals surface area contributed by atoms with Gasteiger partial charge in [0.2, 0.25) is 0 Å². The van der Waals surface area contributed by atoms with Crippen molar-refractivity contribution in [3.8, 4) is 0 Å². The highest BCUT2D eigenvalue weighted by Crippen LogP contribution is 2.53. The van der Waals surface area contributed by atoms with Crippen molar-refractivity contribution in [2.24, 2.45) is 16.2 Å². The summed E-state index contributed by atoms with van der Waals surface area (Å²) in [5.74, 6) is 0. The zero-order valence-electron chi connectivity index (χ0n) is 11.5. The average molecular weight is 326 g/mol. The second-order valence-corrected chi connectivity index (χ2v) is 9.16. The van der Waals surface area contributed by atoms with Gasteiger partial charge < -0.3 is 5.11 Å². The lowest BCUT2D eigenvalue weighted by Crippen LogP contribution is -2.49. The number of rotatable bonds is 2. The molecule has 0 rings (SSSR count). The van der Waals surface area contributed by atoms with Gasteiger partial charge in [0.15, 0.2) is 0 Å². The van der Waals surface area contributed by atoms with E-state index in [4.69, 9.17) is 0 Å². The third-order valence-electron chi connectivity index (χ3n) is 3.60. The highest BCUT2D eigenvalue weighted by Gasteiger charge is 2.50. The van der Waals surface area contributed by atoms with Gasteiger partial charge in [-0.05, 0) is 39.8 Å². The number of alkyl halides is 1. The van der Waals surface area contributed by atoms with Gasteiger partial charge in [-0.15, -0.1) is 0 Å². The molecule has 1 atom stereocenters. The first kappa shape index (κ1) is 15.7. The van der Waals surface area contributed by atoms with Gasteiger partial charge in [-0.3, -0.25) is 0 Å². The fourth-order valence-corrected chi connectivity index (χ4v) is 3.45. The van der Waals surface area contributed by atoms with Gasteiger partial charge in [-0.2, -0.15) is 0 Å². The van der Waals surface area contributed by atoms with Crippen LogP contribution in [-0.2, 0) is 0 Å². The van der Waals surface area contributed by atoms with E-state index in [0.717, 1.165) is 6.42 Å². The van der Waals surface area contributed by atoms with Crippen molar-refractivity contribution in [2.75, 3.05) is 0 Å². The van der Waals surface area contributed by atoms with Gasteiger partial charge in [0.25, 0.3) is 0 Å². The monoisotopic (exact) mass is 326 g/mol. The predicted molar refractivity (Wildman–Crippen MR) is 76.3 cm³/mol. The summed E-state index contributed by atoms with van der Waals surface area (Å²) in [6.45, 7) is 17.4. The van der Waals surface area contributed by atoms with E-state index in [2.05, 4.69) is 78.0 Å². The summed E-state index contributed by atoms with van der Waals surface area (Å²) in [4.78, 5) is 0. The van der Waals surface area contributed by atoms with Gasteiger partial charge in [0.1, 0.15) is 3.61 Å². The molecule has 0 radical (unpaired) electrons. The largest absolute Gasteiger partial charge is 0.379 e. The molecule has 0 aromatic rings. The zero-order valence-corrected chi connectivity index (χ0v) is 13.7. The molecule has 0 spiro atoms. The normalized spacial score (nSPS) is 18.8. The Hall–Kier alpha value is 0.690. The summed E-state index contributed by atoms with van der Waals surface area (Å²) in [6.07, 6.45) is 0.810. The third-order valence-corrected chi connectivity index (χ3v) is 5.33. The average Bonchev–Trinajstić information content (AvgIpc) is 1.77. The number of halogens is 1. The maximum atomic E-state index is 10.7. The van der Waals surface area contributed by atoms with E-state index >= 15 is 0 Å². The topological polar surface area (TPSA) is 20.2 Å². The molecule has 0 aromatic heterocycles. The summed E-state index contributed by atoms with van der Waals surface area (Å²) in [7, 11) is 0. The van der Waals surface area contributed by atoms with Crippen LogP contribution in [0.15, 0.2) is 0 Å². The molecule has 0 saturated heterocycles. The Morgan fingerprint density at radius 1 is 0.867 bits per heavy atom. The lowest BCUT2D eigenvalue weighted by Gasteiger charge is -2.50. The first-order valence-electron chi connectivity index (χ1n) is 5.62. The van der Waals surface area contributed by atoms with Crippen LogP contribution in [0.1, 0.15) is 61.8 Å². The summed E-state index contributed by atoms with van der Waals surface area (Å²) in [5.41, 5.74) is 0.125. The molecule has 0 bridgehead atoms. The molecule has 15 heavy (non-hydrogen) atoms. The standard InChI is InChI=1S/C13H27IO/c1-10(2,3)9-13(14,15)12(7,8)11(4,5)6/h15H,9H2,1-8H3. The van der Waals surface area contributed by atoms with E-state index in [9.17, 15) is 5.11 Å². The number of aliphatic hydroxyl groups is 1. The maximum absolute atomic E-state index is 10.7. The zero-order chi connectivity index (χ0) is 12.7. The Kier molecular flexibility index (Phi) is 4.36. The molecule has 2 heteroatoms. The van der Waals surface area contributed by atoms with Gasteiger partial charge in [0.05, 0.1) is 0 Å². The molecule has 0 saturated carbocycles. The Labute approximate surface area is 109 Å². The quantitative estimate of drug-likeness (QED) is 0.580. The summed E-state index contributed by atoms with van der Waals surface area (Å²) >= 11 is 2.22. The van der Waals surface area contributed by atoms with E-state index in [1.54, 1.807) is 0 Å². The van der Waals surface area contributed by atoms with Crippen LogP contribution in [0.5, 0.6) is 0 Å². The minimum atomic E-state index is -0.665. The molecule has 92 valence electrons. The second-order valence-electron chi connectivity index (χ2n) is 7.37. The summed E-state index contributed by atoms with van der Waals surface area (Å²) in [5, 5.41) is 10.7. The van der Waals surface area contributed by atoms with Crippen molar-refractivity contribution in [3.05, 3.63) is 0 Å². The lowest BCUT2D eigenvalue weighted by molar-refractivity contribution is -0.0606. The third kappa shape index (κ3) is 3.88. The molecular formula is C13H27IO. The van der Waals surface area contributed by atoms with Crippen LogP contribution in [-0.4, -0.2) is 8.71 Å². The van der Waals surface area contributed by atoms with Crippen molar-refractivity contribution in [3.63, 3.8) is 0 Å². The Morgan fingerprint density at radius 3 is 1.40 bits per heavy atom. The lowest BCUT2D eigenvalue weighted by atomic mass is 9.63. The SMILES string of the molecule is CC(C)(C)CC(O)(I)C(C)(C)C(C)(C)C. The summed E-state index contributed by atoms with van der Waals surface area (Å²) in [6, 6.07) is 0. The Bertz CT molecular complexity index is 216. The first-order valence-corrected chi connectivity index (χ1v) is 6.70. The molecule has 1 nitrogen and oxygen atoms in total. The fraction of sp³-hybridized carbons (Fsp3) is 1.00. The van der Waals surface area contributed by atoms with E-state index in [1.807, 2.05) is 0 Å². The van der Waals surface area contributed by atoms with Crippen molar-refractivity contribution < 1.29 is 5.11 Å². The fourth-order valence-electron chi connectivity index (χ4n) is 1.50. The Morgan fingerprint density at radius 2 is 1.20 bits per heavy atom. The highest BCUT2D eigenvalue weighted by atomic mass is 127. The van der Waals surface area contributed by atoms with Crippen LogP contribution in [0.25, 0.3) is 0 Å². The predicted octanol–water partition coefficient (Wildman–Crippen LogP) is 4.62. The molecule has 1 unspecified atom stereocenters. The van der Waals surface area contributed by atoms with E-state index in [0.29, 0.717) is 0 Å². The molecule has 0 aromatic carbocycles. The van der Waals surface area contributed by atoms with Gasteiger partial charge >= 0.3 is 0 Å². The van der Waals surface area contributed by atoms with Crippen molar-refractivity contribution in [2.45, 2.75) is 65.4 Å². The smallest absolute Gasteiger partial charge is 0.121 e. The molecule has 0 heterocycles. The minimum absolute atomic E-state index is 0.0915. The van der Waals surface area contributed by atoms with E-state index in [1.165, 1.54) is 0 Å². The number of hydrogen-bond donors (Lipinski definition) is 1. The summed E-state index contributed by atoms with van der Waals surface area (Å²) < 4.78 is -0.665. The van der Waals surface area contributed by atoms with Crippen LogP contribution in [0.2, 0.25) is 0 Å². The Balaban J connectivity index is 5.03. The molecule has 0 fully saturated rings. The van der Waals surface area contributed by atoms with Crippen LogP contribution in [0.4, 0.5) is 0 Å². The molecule has 0 aliphatic heterocycles. The maximum Gasteiger partial charge on any atom is 0.121 e. The van der Waals surface area contributed by atoms with Gasteiger partial charge in [-0.1, -0.05) is 55.4 Å². The van der Waals surface area contributed by atoms with Gasteiger partial charge in [-0.25, -0.2) is 0 Å². The molecular weight excluding hydrogens is 299 g/mol. The highest BCUT2D eigenvalue weighted by molar-refractivity contribution is 14.1. The molecule has 0 aliphatic carbocycles. The van der Waals surface area contributed by atoms with Crippen molar-refractivity contribution in [1.82, 2.24) is 0 Å². The van der Waals surface area contributed by atoms with Crippen LogP contribution < -0.4 is 0 Å².